The van der Waals surface area contributed by atoms with E-state index in [2.05, 4.69) is 5.32 Å². The largest absolute Gasteiger partial charge is 0.497 e. The fourth-order valence-electron chi connectivity index (χ4n) is 5.13. The molecule has 0 radical (unpaired) electrons. The highest BCUT2D eigenvalue weighted by molar-refractivity contribution is 7.92. The molecular formula is C32H39N3O6S. The molecule has 1 unspecified atom stereocenters. The molecule has 1 saturated carbocycles. The summed E-state index contributed by atoms with van der Waals surface area (Å²) >= 11 is 0. The number of benzene rings is 3. The summed E-state index contributed by atoms with van der Waals surface area (Å²) in [6.07, 6.45) is 5.07. The lowest BCUT2D eigenvalue weighted by Gasteiger charge is -2.33. The normalized spacial score (nSPS) is 14.5. The van der Waals surface area contributed by atoms with E-state index in [0.717, 1.165) is 42.0 Å². The van der Waals surface area contributed by atoms with Crippen LogP contribution in [-0.4, -0.2) is 58.0 Å². The quantitative estimate of drug-likeness (QED) is 0.325. The van der Waals surface area contributed by atoms with Gasteiger partial charge in [-0.25, -0.2) is 8.42 Å². The number of carbonyl (C=O) groups is 2. The first kappa shape index (κ1) is 30.9. The fraction of sp³-hybridized carbons (Fsp3) is 0.375. The van der Waals surface area contributed by atoms with Crippen molar-refractivity contribution in [1.29, 1.82) is 0 Å². The SMILES string of the molecule is COc1cccc(CN(C(=O)CN(c2cccc(OC)c2)S(=O)(=O)c2ccccc2)C(C)C(=O)NC2CCCCC2)c1. The van der Waals surface area contributed by atoms with Crippen molar-refractivity contribution in [2.75, 3.05) is 25.1 Å². The fourth-order valence-corrected chi connectivity index (χ4v) is 6.56. The molecule has 0 bridgehead atoms. The first-order valence-electron chi connectivity index (χ1n) is 14.2. The third-order valence-corrected chi connectivity index (χ3v) is 9.35. The maximum Gasteiger partial charge on any atom is 0.264 e. The van der Waals surface area contributed by atoms with Crippen LogP contribution >= 0.6 is 0 Å². The summed E-state index contributed by atoms with van der Waals surface area (Å²) < 4.78 is 39.6. The van der Waals surface area contributed by atoms with E-state index in [9.17, 15) is 18.0 Å². The Bertz CT molecular complexity index is 1460. The first-order chi connectivity index (χ1) is 20.2. The van der Waals surface area contributed by atoms with Crippen LogP contribution in [0.4, 0.5) is 5.69 Å². The third-order valence-electron chi connectivity index (χ3n) is 7.56. The first-order valence-corrected chi connectivity index (χ1v) is 15.6. The maximum absolute atomic E-state index is 14.1. The number of nitrogens with zero attached hydrogens (tertiary/aromatic N) is 2. The van der Waals surface area contributed by atoms with E-state index in [1.165, 1.54) is 24.1 Å². The van der Waals surface area contributed by atoms with Gasteiger partial charge in [-0.15, -0.1) is 0 Å². The summed E-state index contributed by atoms with van der Waals surface area (Å²) in [6, 6.07) is 21.0. The molecule has 10 heteroatoms. The minimum absolute atomic E-state index is 0.0445. The summed E-state index contributed by atoms with van der Waals surface area (Å²) in [6.45, 7) is 1.25. The molecule has 0 spiro atoms. The molecular weight excluding hydrogens is 554 g/mol. The molecule has 9 nitrogen and oxygen atoms in total. The molecule has 3 aromatic carbocycles. The Morgan fingerprint density at radius 3 is 2.19 bits per heavy atom. The molecule has 2 amide bonds. The zero-order valence-corrected chi connectivity index (χ0v) is 25.2. The lowest BCUT2D eigenvalue weighted by molar-refractivity contribution is -0.139. The van der Waals surface area contributed by atoms with Gasteiger partial charge in [-0.1, -0.05) is 55.7 Å². The van der Waals surface area contributed by atoms with Crippen LogP contribution in [0.5, 0.6) is 11.5 Å². The van der Waals surface area contributed by atoms with E-state index in [1.54, 1.807) is 68.6 Å². The van der Waals surface area contributed by atoms with Crippen LogP contribution in [0.1, 0.15) is 44.6 Å². The molecule has 42 heavy (non-hydrogen) atoms. The summed E-state index contributed by atoms with van der Waals surface area (Å²) in [5.74, 6) is 0.272. The van der Waals surface area contributed by atoms with Crippen molar-refractivity contribution < 1.29 is 27.5 Å². The summed E-state index contributed by atoms with van der Waals surface area (Å²) in [5.41, 5.74) is 1.02. The van der Waals surface area contributed by atoms with E-state index in [-0.39, 0.29) is 29.1 Å². The van der Waals surface area contributed by atoms with Crippen molar-refractivity contribution in [3.05, 3.63) is 84.4 Å². The molecule has 4 rings (SSSR count). The number of ether oxygens (including phenoxy) is 2. The molecule has 1 atom stereocenters. The van der Waals surface area contributed by atoms with Crippen LogP contribution in [0, 0.1) is 0 Å². The zero-order chi connectivity index (χ0) is 30.1. The molecule has 1 aliphatic carbocycles. The number of sulfonamides is 1. The number of nitrogens with one attached hydrogen (secondary N) is 1. The van der Waals surface area contributed by atoms with Crippen LogP contribution in [0.3, 0.4) is 0 Å². The zero-order valence-electron chi connectivity index (χ0n) is 24.4. The Morgan fingerprint density at radius 1 is 0.881 bits per heavy atom. The van der Waals surface area contributed by atoms with E-state index >= 15 is 0 Å². The third kappa shape index (κ3) is 7.61. The maximum atomic E-state index is 14.1. The van der Waals surface area contributed by atoms with Crippen LogP contribution in [0.25, 0.3) is 0 Å². The highest BCUT2D eigenvalue weighted by atomic mass is 32.2. The standard InChI is InChI=1S/C32H39N3O6S/c1-24(32(37)33-26-13-6-4-7-14-26)34(22-25-12-10-16-28(20-25)40-2)31(36)23-35(27-15-11-17-29(21-27)41-3)42(38,39)30-18-8-5-9-19-30/h5,8-12,15-21,24,26H,4,6-7,13-14,22-23H2,1-3H3,(H,33,37). The highest BCUT2D eigenvalue weighted by Crippen LogP contribution is 2.28. The lowest BCUT2D eigenvalue weighted by atomic mass is 9.95. The molecule has 3 aromatic rings. The second-order valence-electron chi connectivity index (χ2n) is 10.4. The molecule has 0 saturated heterocycles. The highest BCUT2D eigenvalue weighted by Gasteiger charge is 2.33. The molecule has 1 aliphatic rings. The van der Waals surface area contributed by atoms with Gasteiger partial charge in [0.2, 0.25) is 11.8 Å². The van der Waals surface area contributed by atoms with Crippen LogP contribution in [-0.2, 0) is 26.2 Å². The molecule has 0 heterocycles. The van der Waals surface area contributed by atoms with Gasteiger partial charge in [0.25, 0.3) is 10.0 Å². The number of hydrogen-bond acceptors (Lipinski definition) is 6. The topological polar surface area (TPSA) is 105 Å². The average molecular weight is 594 g/mol. The molecule has 0 aromatic heterocycles. The van der Waals surface area contributed by atoms with E-state index in [0.29, 0.717) is 11.5 Å². The van der Waals surface area contributed by atoms with Crippen LogP contribution in [0.15, 0.2) is 83.8 Å². The van der Waals surface area contributed by atoms with Crippen molar-refractivity contribution >= 4 is 27.5 Å². The summed E-state index contributed by atoms with van der Waals surface area (Å²) in [7, 11) is -1.10. The molecule has 0 aliphatic heterocycles. The Morgan fingerprint density at radius 2 is 1.52 bits per heavy atom. The van der Waals surface area contributed by atoms with Gasteiger partial charge < -0.3 is 19.7 Å². The van der Waals surface area contributed by atoms with Gasteiger partial charge in [0, 0.05) is 18.7 Å². The van der Waals surface area contributed by atoms with Crippen LogP contribution < -0.4 is 19.1 Å². The summed E-state index contributed by atoms with van der Waals surface area (Å²) in [5, 5.41) is 3.11. The summed E-state index contributed by atoms with van der Waals surface area (Å²) in [4.78, 5) is 29.1. The second-order valence-corrected chi connectivity index (χ2v) is 12.3. The van der Waals surface area contributed by atoms with Gasteiger partial charge in [0.15, 0.2) is 0 Å². The van der Waals surface area contributed by atoms with Gasteiger partial charge in [-0.05, 0) is 61.7 Å². The van der Waals surface area contributed by atoms with Gasteiger partial charge >= 0.3 is 0 Å². The predicted molar refractivity (Wildman–Crippen MR) is 162 cm³/mol. The predicted octanol–water partition coefficient (Wildman–Crippen LogP) is 4.77. The van der Waals surface area contributed by atoms with Crippen LogP contribution in [0.2, 0.25) is 0 Å². The van der Waals surface area contributed by atoms with Crippen molar-refractivity contribution in [2.24, 2.45) is 0 Å². The van der Waals surface area contributed by atoms with Crippen molar-refractivity contribution in [3.8, 4) is 11.5 Å². The number of anilines is 1. The Labute approximate surface area is 248 Å². The van der Waals surface area contributed by atoms with Crippen molar-refractivity contribution in [3.63, 3.8) is 0 Å². The lowest BCUT2D eigenvalue weighted by Crippen LogP contribution is -2.53. The van der Waals surface area contributed by atoms with E-state index in [1.807, 2.05) is 12.1 Å². The molecule has 1 N–H and O–H groups in total. The monoisotopic (exact) mass is 593 g/mol. The Kier molecular flexibility index (Phi) is 10.5. The van der Waals surface area contributed by atoms with Gasteiger partial charge in [-0.2, -0.15) is 0 Å². The minimum atomic E-state index is -4.15. The van der Waals surface area contributed by atoms with Crippen molar-refractivity contribution in [2.45, 2.75) is 62.6 Å². The number of carbonyl (C=O) groups excluding carboxylic acids is 2. The molecule has 224 valence electrons. The smallest absolute Gasteiger partial charge is 0.264 e. The van der Waals surface area contributed by atoms with Crippen molar-refractivity contribution in [1.82, 2.24) is 10.2 Å². The number of methoxy groups -OCH3 is 2. The number of amides is 2. The Hall–Kier alpha value is -4.05. The number of rotatable bonds is 12. The van der Waals surface area contributed by atoms with E-state index in [4.69, 9.17) is 9.47 Å². The Balaban J connectivity index is 1.69. The molecule has 1 fully saturated rings. The number of hydrogen-bond donors (Lipinski definition) is 1. The van der Waals surface area contributed by atoms with Gasteiger partial charge in [-0.3, -0.25) is 13.9 Å². The minimum Gasteiger partial charge on any atom is -0.497 e. The average Bonchev–Trinajstić information content (AvgIpc) is 3.03. The van der Waals surface area contributed by atoms with Gasteiger partial charge in [0.1, 0.15) is 24.1 Å². The second kappa shape index (κ2) is 14.2. The van der Waals surface area contributed by atoms with E-state index < -0.39 is 28.5 Å². The van der Waals surface area contributed by atoms with Gasteiger partial charge in [0.05, 0.1) is 24.8 Å².